The van der Waals surface area contributed by atoms with Crippen LogP contribution in [0.3, 0.4) is 0 Å². The first-order chi connectivity index (χ1) is 10.1. The number of nitrogens with zero attached hydrogens (tertiary/aromatic N) is 2. The van der Waals surface area contributed by atoms with Crippen LogP contribution in [0.5, 0.6) is 0 Å². The lowest BCUT2D eigenvalue weighted by Crippen LogP contribution is -2.50. The minimum absolute atomic E-state index is 0.0237. The van der Waals surface area contributed by atoms with Gasteiger partial charge in [-0.15, -0.1) is 0 Å². The largest absolute Gasteiger partial charge is 0.351 e. The van der Waals surface area contributed by atoms with E-state index in [1.54, 1.807) is 22.9 Å². The van der Waals surface area contributed by atoms with Gasteiger partial charge in [0.15, 0.2) is 0 Å². The summed E-state index contributed by atoms with van der Waals surface area (Å²) in [5.74, 6) is -0.150. The first-order valence-electron chi connectivity index (χ1n) is 6.93. The van der Waals surface area contributed by atoms with E-state index < -0.39 is 0 Å². The molecule has 2 heterocycles. The molecule has 0 radical (unpaired) electrons. The maximum absolute atomic E-state index is 12.4. The molecule has 1 aromatic carbocycles. The Morgan fingerprint density at radius 2 is 1.86 bits per heavy atom. The highest BCUT2D eigenvalue weighted by Gasteiger charge is 2.26. The van der Waals surface area contributed by atoms with Crippen LogP contribution in [0.25, 0.3) is 11.3 Å². The van der Waals surface area contributed by atoms with Gasteiger partial charge in [-0.2, -0.15) is 0 Å². The molecule has 5 nitrogen and oxygen atoms in total. The zero-order valence-electron chi connectivity index (χ0n) is 11.9. The van der Waals surface area contributed by atoms with Gasteiger partial charge in [0.2, 0.25) is 5.91 Å². The van der Waals surface area contributed by atoms with E-state index in [9.17, 15) is 9.59 Å². The van der Waals surface area contributed by atoms with Gasteiger partial charge < -0.3 is 14.8 Å². The number of carbonyl (C=O) groups excluding carboxylic acids is 2. The molecule has 0 aliphatic carbocycles. The summed E-state index contributed by atoms with van der Waals surface area (Å²) in [5.41, 5.74) is 2.46. The minimum Gasteiger partial charge on any atom is -0.351 e. The molecule has 1 saturated heterocycles. The maximum Gasteiger partial charge on any atom is 0.270 e. The Kier molecular flexibility index (Phi) is 3.48. The Labute approximate surface area is 123 Å². The number of carbonyl (C=O) groups is 2. The Balaban J connectivity index is 1.77. The van der Waals surface area contributed by atoms with Crippen LogP contribution in [0.15, 0.2) is 42.5 Å². The van der Waals surface area contributed by atoms with Gasteiger partial charge in [0.05, 0.1) is 0 Å². The molecule has 0 unspecified atom stereocenters. The Morgan fingerprint density at radius 3 is 2.57 bits per heavy atom. The van der Waals surface area contributed by atoms with Crippen molar-refractivity contribution in [2.24, 2.45) is 0 Å². The minimum atomic E-state index is -0.126. The second-order valence-corrected chi connectivity index (χ2v) is 5.19. The number of aromatic amines is 1. The van der Waals surface area contributed by atoms with Gasteiger partial charge in [0.25, 0.3) is 5.91 Å². The molecule has 0 atom stereocenters. The van der Waals surface area contributed by atoms with E-state index in [4.69, 9.17) is 0 Å². The predicted molar refractivity (Wildman–Crippen MR) is 79.8 cm³/mol. The third-order valence-electron chi connectivity index (χ3n) is 3.75. The van der Waals surface area contributed by atoms with Crippen molar-refractivity contribution >= 4 is 11.8 Å². The first-order valence-corrected chi connectivity index (χ1v) is 6.93. The second-order valence-electron chi connectivity index (χ2n) is 5.19. The summed E-state index contributed by atoms with van der Waals surface area (Å²) in [5, 5.41) is 0. The Morgan fingerprint density at radius 1 is 1.10 bits per heavy atom. The van der Waals surface area contributed by atoms with E-state index in [0.29, 0.717) is 18.8 Å². The van der Waals surface area contributed by atoms with Gasteiger partial charge in [-0.05, 0) is 17.7 Å². The fourth-order valence-corrected chi connectivity index (χ4v) is 2.41. The van der Waals surface area contributed by atoms with Crippen molar-refractivity contribution in [3.05, 3.63) is 48.2 Å². The maximum atomic E-state index is 12.4. The smallest absolute Gasteiger partial charge is 0.270 e. The lowest BCUT2D eigenvalue weighted by Gasteiger charge is -2.31. The molecule has 1 N–H and O–H groups in total. The van der Waals surface area contributed by atoms with Crippen LogP contribution in [0, 0.1) is 0 Å². The lowest BCUT2D eigenvalue weighted by atomic mass is 10.2. The normalized spacial score (nSPS) is 15.4. The van der Waals surface area contributed by atoms with E-state index in [-0.39, 0.29) is 18.4 Å². The van der Waals surface area contributed by atoms with E-state index >= 15 is 0 Å². The van der Waals surface area contributed by atoms with Crippen LogP contribution in [0.1, 0.15) is 10.5 Å². The van der Waals surface area contributed by atoms with Gasteiger partial charge in [-0.3, -0.25) is 9.59 Å². The van der Waals surface area contributed by atoms with Crippen molar-refractivity contribution < 1.29 is 9.59 Å². The molecule has 3 rings (SSSR count). The summed E-state index contributed by atoms with van der Waals surface area (Å²) in [6.07, 6.45) is 0. The fourth-order valence-electron chi connectivity index (χ4n) is 2.41. The number of piperazine rings is 1. The number of rotatable bonds is 2. The quantitative estimate of drug-likeness (QED) is 0.910. The molecule has 2 aromatic rings. The number of hydrogen-bond acceptors (Lipinski definition) is 2. The van der Waals surface area contributed by atoms with Gasteiger partial charge in [0.1, 0.15) is 12.2 Å². The van der Waals surface area contributed by atoms with Crippen molar-refractivity contribution in [2.45, 2.75) is 0 Å². The van der Waals surface area contributed by atoms with Gasteiger partial charge in [-0.1, -0.05) is 30.3 Å². The van der Waals surface area contributed by atoms with Crippen LogP contribution in [-0.2, 0) is 4.79 Å². The highest BCUT2D eigenvalue weighted by molar-refractivity contribution is 5.96. The molecule has 21 heavy (non-hydrogen) atoms. The molecular formula is C16H17N3O2. The van der Waals surface area contributed by atoms with E-state index in [1.807, 2.05) is 36.4 Å². The summed E-state index contributed by atoms with van der Waals surface area (Å²) < 4.78 is 0. The van der Waals surface area contributed by atoms with Crippen LogP contribution < -0.4 is 0 Å². The first kappa shape index (κ1) is 13.4. The van der Waals surface area contributed by atoms with Crippen molar-refractivity contribution in [2.75, 3.05) is 26.7 Å². The van der Waals surface area contributed by atoms with Crippen molar-refractivity contribution in [3.8, 4) is 11.3 Å². The van der Waals surface area contributed by atoms with Crippen LogP contribution in [-0.4, -0.2) is 53.3 Å². The number of amides is 2. The molecular weight excluding hydrogens is 266 g/mol. The van der Waals surface area contributed by atoms with Crippen molar-refractivity contribution in [1.29, 1.82) is 0 Å². The number of hydrogen-bond donors (Lipinski definition) is 1. The summed E-state index contributed by atoms with van der Waals surface area (Å²) in [6.45, 7) is 1.30. The van der Waals surface area contributed by atoms with Gasteiger partial charge >= 0.3 is 0 Å². The molecule has 1 fully saturated rings. The van der Waals surface area contributed by atoms with E-state index in [2.05, 4.69) is 4.98 Å². The third-order valence-corrected chi connectivity index (χ3v) is 3.75. The van der Waals surface area contributed by atoms with Crippen LogP contribution in [0.2, 0.25) is 0 Å². The highest BCUT2D eigenvalue weighted by atomic mass is 16.2. The highest BCUT2D eigenvalue weighted by Crippen LogP contribution is 2.19. The van der Waals surface area contributed by atoms with Crippen molar-refractivity contribution in [1.82, 2.24) is 14.8 Å². The molecule has 0 saturated carbocycles. The molecule has 1 aromatic heterocycles. The molecule has 2 amide bonds. The zero-order valence-corrected chi connectivity index (χ0v) is 11.9. The van der Waals surface area contributed by atoms with Gasteiger partial charge in [0, 0.05) is 25.8 Å². The summed E-state index contributed by atoms with van der Waals surface area (Å²) in [4.78, 5) is 30.5. The number of nitrogens with one attached hydrogen (secondary N) is 1. The number of H-pyrrole nitrogens is 1. The molecule has 1 aliphatic rings. The summed E-state index contributed by atoms with van der Waals surface area (Å²) in [7, 11) is 1.76. The topological polar surface area (TPSA) is 56.4 Å². The molecule has 1 aliphatic heterocycles. The van der Waals surface area contributed by atoms with E-state index in [0.717, 1.165) is 11.3 Å². The molecule has 0 spiro atoms. The van der Waals surface area contributed by atoms with Crippen LogP contribution >= 0.6 is 0 Å². The van der Waals surface area contributed by atoms with Gasteiger partial charge in [-0.25, -0.2) is 0 Å². The third kappa shape index (κ3) is 2.67. The lowest BCUT2D eigenvalue weighted by molar-refractivity contribution is -0.133. The zero-order chi connectivity index (χ0) is 14.8. The number of aromatic nitrogens is 1. The molecule has 0 bridgehead atoms. The van der Waals surface area contributed by atoms with Crippen molar-refractivity contribution in [3.63, 3.8) is 0 Å². The Bertz CT molecular complexity index is 663. The summed E-state index contributed by atoms with van der Waals surface area (Å²) >= 11 is 0. The SMILES string of the molecule is CN1CCN(C(=O)c2ccc(-c3ccccc3)[nH]2)CC1=O. The Hall–Kier alpha value is -2.56. The number of benzene rings is 1. The molecule has 108 valence electrons. The second kappa shape index (κ2) is 5.44. The van der Waals surface area contributed by atoms with E-state index in [1.165, 1.54) is 0 Å². The standard InChI is InChI=1S/C16H17N3O2/c1-18-9-10-19(11-15(18)20)16(21)14-8-7-13(17-14)12-5-3-2-4-6-12/h2-8,17H,9-11H2,1H3. The average molecular weight is 283 g/mol. The monoisotopic (exact) mass is 283 g/mol. The average Bonchev–Trinajstić information content (AvgIpc) is 3.00. The summed E-state index contributed by atoms with van der Waals surface area (Å²) in [6, 6.07) is 13.5. The number of likely N-dealkylation sites (N-methyl/N-ethyl adjacent to an activating group) is 1. The fraction of sp³-hybridized carbons (Fsp3) is 0.250. The van der Waals surface area contributed by atoms with Crippen LogP contribution in [0.4, 0.5) is 0 Å². The molecule has 5 heteroatoms. The predicted octanol–water partition coefficient (Wildman–Crippen LogP) is 1.60.